The minimum atomic E-state index is -0.443. The Morgan fingerprint density at radius 1 is 0.969 bits per heavy atom. The van der Waals surface area contributed by atoms with E-state index in [-0.39, 0.29) is 17.9 Å². The molecule has 4 aromatic rings. The lowest BCUT2D eigenvalue weighted by molar-refractivity contribution is -0.123. The summed E-state index contributed by atoms with van der Waals surface area (Å²) >= 11 is 2.31. The molecule has 0 atom stereocenters. The van der Waals surface area contributed by atoms with Crippen LogP contribution < -0.4 is 5.56 Å². The second-order valence-electron chi connectivity index (χ2n) is 6.95. The van der Waals surface area contributed by atoms with Crippen LogP contribution in [-0.2, 0) is 11.3 Å². The van der Waals surface area contributed by atoms with Gasteiger partial charge in [0.05, 0.1) is 28.0 Å². The molecule has 3 heterocycles. The van der Waals surface area contributed by atoms with Crippen LogP contribution in [0.3, 0.4) is 0 Å². The molecule has 2 aromatic carbocycles. The molecule has 2 aromatic heterocycles. The number of amides is 2. The van der Waals surface area contributed by atoms with Gasteiger partial charge in [-0.1, -0.05) is 18.2 Å². The first-order valence-electron chi connectivity index (χ1n) is 9.57. The van der Waals surface area contributed by atoms with E-state index < -0.39 is 17.0 Å². The fourth-order valence-corrected chi connectivity index (χ4v) is 4.98. The molecule has 9 heteroatoms. The smallest absolute Gasteiger partial charge is 0.268 e. The molecule has 0 spiro atoms. The molecule has 1 aliphatic rings. The molecule has 2 amide bonds. The van der Waals surface area contributed by atoms with Crippen LogP contribution in [0.1, 0.15) is 10.7 Å². The highest BCUT2D eigenvalue weighted by Gasteiger charge is 2.36. The molecule has 0 aliphatic carbocycles. The topological polar surface area (TPSA) is 72.3 Å². The summed E-state index contributed by atoms with van der Waals surface area (Å²) in [7, 11) is 0. The molecular weight excluding hydrogens is 449 g/mol. The van der Waals surface area contributed by atoms with Gasteiger partial charge in [0.1, 0.15) is 11.6 Å². The van der Waals surface area contributed by atoms with E-state index in [1.54, 1.807) is 30.3 Å². The minimum Gasteiger partial charge on any atom is -0.268 e. The fraction of sp³-hybridized carbons (Fsp3) is 0.0435. The molecule has 1 saturated heterocycles. The van der Waals surface area contributed by atoms with Gasteiger partial charge in [-0.25, -0.2) is 9.37 Å². The first kappa shape index (κ1) is 20.3. The molecule has 0 saturated carbocycles. The molecule has 0 bridgehead atoms. The van der Waals surface area contributed by atoms with Crippen molar-refractivity contribution in [3.63, 3.8) is 0 Å². The van der Waals surface area contributed by atoms with E-state index in [2.05, 4.69) is 4.98 Å². The molecule has 0 unspecified atom stereocenters. The fourth-order valence-electron chi connectivity index (χ4n) is 3.42. The van der Waals surface area contributed by atoms with Gasteiger partial charge in [0.2, 0.25) is 0 Å². The van der Waals surface area contributed by atoms with Gasteiger partial charge in [0.25, 0.3) is 16.7 Å². The summed E-state index contributed by atoms with van der Waals surface area (Å²) < 4.78 is 14.8. The summed E-state index contributed by atoms with van der Waals surface area (Å²) in [4.78, 5) is 45.7. The standard InChI is InChI=1S/C23H14FN3O3S2/c24-14-7-9-15(10-8-14)27-20(25-18-6-2-1-5-17(18)21(27)28)13-26-22(29)19(32-23(26)30)12-16-4-3-11-31-16/h1-12H,13H2/b19-12-. The zero-order chi connectivity index (χ0) is 22.2. The molecule has 5 rings (SSSR count). The van der Waals surface area contributed by atoms with Gasteiger partial charge in [-0.3, -0.25) is 23.9 Å². The van der Waals surface area contributed by atoms with Crippen LogP contribution in [0.25, 0.3) is 22.7 Å². The quantitative estimate of drug-likeness (QED) is 0.406. The lowest BCUT2D eigenvalue weighted by Gasteiger charge is -2.17. The Labute approximate surface area is 189 Å². The Balaban J connectivity index is 1.60. The van der Waals surface area contributed by atoms with Gasteiger partial charge in [0.15, 0.2) is 0 Å². The van der Waals surface area contributed by atoms with Crippen LogP contribution >= 0.6 is 23.1 Å². The average Bonchev–Trinajstić information content (AvgIpc) is 3.39. The zero-order valence-electron chi connectivity index (χ0n) is 16.4. The SMILES string of the molecule is O=C1S/C(=C\c2cccs2)C(=O)N1Cc1nc2ccccc2c(=O)n1-c1ccc(F)cc1. The van der Waals surface area contributed by atoms with E-state index in [1.165, 1.54) is 40.2 Å². The summed E-state index contributed by atoms with van der Waals surface area (Å²) in [6, 6.07) is 15.9. The van der Waals surface area contributed by atoms with Gasteiger partial charge in [0, 0.05) is 4.88 Å². The molecule has 1 fully saturated rings. The predicted molar refractivity (Wildman–Crippen MR) is 123 cm³/mol. The monoisotopic (exact) mass is 463 g/mol. The van der Waals surface area contributed by atoms with Gasteiger partial charge in [-0.2, -0.15) is 0 Å². The van der Waals surface area contributed by atoms with Crippen molar-refractivity contribution < 1.29 is 14.0 Å². The van der Waals surface area contributed by atoms with Crippen molar-refractivity contribution >= 4 is 51.2 Å². The van der Waals surface area contributed by atoms with Crippen molar-refractivity contribution in [2.24, 2.45) is 0 Å². The number of carbonyl (C=O) groups excluding carboxylic acids is 2. The molecule has 1 aliphatic heterocycles. The predicted octanol–water partition coefficient (Wildman–Crippen LogP) is 4.82. The number of fused-ring (bicyclic) bond motifs is 1. The minimum absolute atomic E-state index is 0.191. The Hall–Kier alpha value is -3.56. The Morgan fingerprint density at radius 3 is 2.50 bits per heavy atom. The number of para-hydroxylation sites is 1. The van der Waals surface area contributed by atoms with Crippen molar-refractivity contribution in [2.75, 3.05) is 0 Å². The lowest BCUT2D eigenvalue weighted by Crippen LogP contribution is -2.32. The van der Waals surface area contributed by atoms with Crippen LogP contribution in [-0.4, -0.2) is 25.6 Å². The molecule has 6 nitrogen and oxygen atoms in total. The Kier molecular flexibility index (Phi) is 5.20. The number of halogens is 1. The van der Waals surface area contributed by atoms with Gasteiger partial charge < -0.3 is 0 Å². The van der Waals surface area contributed by atoms with E-state index >= 15 is 0 Å². The third kappa shape index (κ3) is 3.65. The van der Waals surface area contributed by atoms with Crippen molar-refractivity contribution in [3.8, 4) is 5.69 Å². The highest BCUT2D eigenvalue weighted by atomic mass is 32.2. The molecule has 32 heavy (non-hydrogen) atoms. The summed E-state index contributed by atoms with van der Waals surface area (Å²) in [6.45, 7) is -0.191. The summed E-state index contributed by atoms with van der Waals surface area (Å²) in [5.41, 5.74) is 0.482. The summed E-state index contributed by atoms with van der Waals surface area (Å²) in [5, 5.41) is 1.83. The summed E-state index contributed by atoms with van der Waals surface area (Å²) in [5.74, 6) is -0.678. The van der Waals surface area contributed by atoms with Gasteiger partial charge >= 0.3 is 0 Å². The van der Waals surface area contributed by atoms with E-state index in [0.29, 0.717) is 21.5 Å². The van der Waals surface area contributed by atoms with Crippen molar-refractivity contribution in [1.82, 2.24) is 14.5 Å². The zero-order valence-corrected chi connectivity index (χ0v) is 18.0. The third-order valence-electron chi connectivity index (χ3n) is 4.92. The average molecular weight is 464 g/mol. The van der Waals surface area contributed by atoms with Crippen molar-refractivity contribution in [3.05, 3.63) is 97.8 Å². The van der Waals surface area contributed by atoms with Crippen LogP contribution in [0.4, 0.5) is 9.18 Å². The number of benzene rings is 2. The summed E-state index contributed by atoms with van der Waals surface area (Å²) in [6.07, 6.45) is 1.68. The second kappa shape index (κ2) is 8.18. The van der Waals surface area contributed by atoms with E-state index in [4.69, 9.17) is 0 Å². The number of thioether (sulfide) groups is 1. The van der Waals surface area contributed by atoms with Crippen LogP contribution in [0.2, 0.25) is 0 Å². The molecule has 0 N–H and O–H groups in total. The highest BCUT2D eigenvalue weighted by Crippen LogP contribution is 2.34. The number of aromatic nitrogens is 2. The molecular formula is C23H14FN3O3S2. The highest BCUT2D eigenvalue weighted by molar-refractivity contribution is 8.18. The second-order valence-corrected chi connectivity index (χ2v) is 8.92. The number of nitrogens with zero attached hydrogens (tertiary/aromatic N) is 3. The Morgan fingerprint density at radius 2 is 1.75 bits per heavy atom. The van der Waals surface area contributed by atoms with Gasteiger partial charge in [-0.05, 0) is 65.7 Å². The van der Waals surface area contributed by atoms with Crippen molar-refractivity contribution in [2.45, 2.75) is 6.54 Å². The Bertz CT molecular complexity index is 1440. The maximum atomic E-state index is 13.5. The van der Waals surface area contributed by atoms with E-state index in [0.717, 1.165) is 21.5 Å². The number of hydrogen-bond donors (Lipinski definition) is 0. The first-order chi connectivity index (χ1) is 15.5. The molecule has 0 radical (unpaired) electrons. The van der Waals surface area contributed by atoms with Crippen molar-refractivity contribution in [1.29, 1.82) is 0 Å². The number of thiophene rings is 1. The van der Waals surface area contributed by atoms with Crippen LogP contribution in [0.5, 0.6) is 0 Å². The maximum Gasteiger partial charge on any atom is 0.293 e. The lowest BCUT2D eigenvalue weighted by atomic mass is 10.2. The first-order valence-corrected chi connectivity index (χ1v) is 11.3. The number of rotatable bonds is 4. The molecule has 158 valence electrons. The van der Waals surface area contributed by atoms with Gasteiger partial charge in [-0.15, -0.1) is 11.3 Å². The van der Waals surface area contributed by atoms with E-state index in [9.17, 15) is 18.8 Å². The third-order valence-corrected chi connectivity index (χ3v) is 6.65. The number of hydrogen-bond acceptors (Lipinski definition) is 6. The largest absolute Gasteiger partial charge is 0.293 e. The van der Waals surface area contributed by atoms with E-state index in [1.807, 2.05) is 17.5 Å². The number of carbonyl (C=O) groups is 2. The van der Waals surface area contributed by atoms with Crippen LogP contribution in [0, 0.1) is 5.82 Å². The van der Waals surface area contributed by atoms with Crippen LogP contribution in [0.15, 0.2) is 75.7 Å². The normalized spacial score (nSPS) is 15.3. The maximum absolute atomic E-state index is 13.5. The number of imide groups is 1.